The maximum atomic E-state index is 12.9. The van der Waals surface area contributed by atoms with Crippen molar-refractivity contribution in [3.63, 3.8) is 0 Å². The van der Waals surface area contributed by atoms with Crippen molar-refractivity contribution >= 4 is 17.7 Å². The van der Waals surface area contributed by atoms with Crippen molar-refractivity contribution < 1.29 is 19.2 Å². The first kappa shape index (κ1) is 24.3. The summed E-state index contributed by atoms with van der Waals surface area (Å²) in [7, 11) is 1.77. The third-order valence-electron chi connectivity index (χ3n) is 7.10. The number of hydrogen-bond acceptors (Lipinski definition) is 4. The van der Waals surface area contributed by atoms with Gasteiger partial charge in [0.1, 0.15) is 11.4 Å². The molecule has 2 amide bonds. The van der Waals surface area contributed by atoms with Crippen LogP contribution in [-0.2, 0) is 16.6 Å². The molecule has 37 heavy (non-hydrogen) atoms. The van der Waals surface area contributed by atoms with Gasteiger partial charge < -0.3 is 19.8 Å². The van der Waals surface area contributed by atoms with Crippen LogP contribution in [0.5, 0.6) is 0 Å². The van der Waals surface area contributed by atoms with Crippen molar-refractivity contribution in [3.05, 3.63) is 95.7 Å². The zero-order valence-electron chi connectivity index (χ0n) is 20.9. The predicted molar refractivity (Wildman–Crippen MR) is 142 cm³/mol. The number of carbonyl (C=O) groups excluding carboxylic acids is 1. The average molecular weight is 496 g/mol. The minimum Gasteiger partial charge on any atom is -0.481 e. The Kier molecular flexibility index (Phi) is 6.53. The fourth-order valence-corrected chi connectivity index (χ4v) is 4.51. The Morgan fingerprint density at radius 3 is 2.14 bits per heavy atom. The highest BCUT2D eigenvalue weighted by atomic mass is 16.5. The number of anilines is 1. The van der Waals surface area contributed by atoms with Crippen LogP contribution < -0.4 is 5.32 Å². The number of likely N-dealkylation sites (N-methyl/N-ethyl adjacent to an activating group) is 1. The van der Waals surface area contributed by atoms with Crippen LogP contribution in [0.1, 0.15) is 29.7 Å². The fraction of sp³-hybridized carbons (Fsp3) is 0.233. The number of urea groups is 1. The van der Waals surface area contributed by atoms with E-state index in [1.165, 1.54) is 5.56 Å². The van der Waals surface area contributed by atoms with E-state index in [1.807, 2.05) is 78.9 Å². The fourth-order valence-electron chi connectivity index (χ4n) is 4.51. The number of nitrogens with zero attached hydrogens (tertiary/aromatic N) is 2. The van der Waals surface area contributed by atoms with E-state index in [1.54, 1.807) is 18.9 Å². The summed E-state index contributed by atoms with van der Waals surface area (Å²) in [6.45, 7) is 2.38. The topological polar surface area (TPSA) is 95.7 Å². The Morgan fingerprint density at radius 2 is 1.54 bits per heavy atom. The van der Waals surface area contributed by atoms with E-state index in [9.17, 15) is 14.7 Å². The number of benzene rings is 3. The number of amides is 2. The maximum absolute atomic E-state index is 12.9. The molecule has 2 N–H and O–H groups in total. The van der Waals surface area contributed by atoms with E-state index in [0.29, 0.717) is 36.5 Å². The second-order valence-corrected chi connectivity index (χ2v) is 9.60. The number of aryl methyl sites for hydroxylation is 1. The lowest BCUT2D eigenvalue weighted by Crippen LogP contribution is -2.33. The summed E-state index contributed by atoms with van der Waals surface area (Å²) in [5.74, 6) is -0.251. The van der Waals surface area contributed by atoms with Crippen LogP contribution in [0.15, 0.2) is 83.4 Å². The molecule has 0 bridgehead atoms. The van der Waals surface area contributed by atoms with Gasteiger partial charge in [0.25, 0.3) is 0 Å². The van der Waals surface area contributed by atoms with Gasteiger partial charge >= 0.3 is 12.0 Å². The Balaban J connectivity index is 1.27. The molecule has 1 aliphatic rings. The zero-order chi connectivity index (χ0) is 26.0. The third-order valence-corrected chi connectivity index (χ3v) is 7.10. The van der Waals surface area contributed by atoms with Crippen LogP contribution in [0.2, 0.25) is 0 Å². The van der Waals surface area contributed by atoms with Gasteiger partial charge in [0.2, 0.25) is 0 Å². The molecule has 7 heteroatoms. The molecule has 0 atom stereocenters. The smallest absolute Gasteiger partial charge is 0.321 e. The van der Waals surface area contributed by atoms with Crippen molar-refractivity contribution in [1.29, 1.82) is 0 Å². The van der Waals surface area contributed by atoms with Gasteiger partial charge in [0.05, 0.1) is 5.41 Å². The molecule has 188 valence electrons. The molecule has 0 aliphatic heterocycles. The number of carboxylic acid groups (broad SMARTS) is 1. The standard InChI is InChI=1S/C30H29N3O4/c1-20-26(31-29(36)33(2)19-16-21-6-4-3-5-7-21)27(37-32-20)24-10-8-22(9-11-24)23-12-14-25(15-13-23)30(17-18-30)28(34)35/h3-15H,16-19H2,1-2H3,(H,31,36)(H,34,35). The molecule has 4 aromatic rings. The van der Waals surface area contributed by atoms with Gasteiger partial charge in [-0.3, -0.25) is 4.79 Å². The van der Waals surface area contributed by atoms with E-state index < -0.39 is 11.4 Å². The van der Waals surface area contributed by atoms with Gasteiger partial charge in [0, 0.05) is 19.2 Å². The minimum absolute atomic E-state index is 0.227. The number of aliphatic carboxylic acids is 1. The summed E-state index contributed by atoms with van der Waals surface area (Å²) in [6.07, 6.45) is 2.14. The number of hydrogen-bond donors (Lipinski definition) is 2. The van der Waals surface area contributed by atoms with Crippen molar-refractivity contribution in [2.75, 3.05) is 18.9 Å². The summed E-state index contributed by atoms with van der Waals surface area (Å²) in [5.41, 5.74) is 5.27. The molecule has 1 aliphatic carbocycles. The highest BCUT2D eigenvalue weighted by molar-refractivity contribution is 5.94. The van der Waals surface area contributed by atoms with Crippen LogP contribution in [0.4, 0.5) is 10.5 Å². The van der Waals surface area contributed by atoms with E-state index in [-0.39, 0.29) is 6.03 Å². The lowest BCUT2D eigenvalue weighted by Gasteiger charge is -2.18. The SMILES string of the molecule is Cc1noc(-c2ccc(-c3ccc(C4(C(=O)O)CC4)cc3)cc2)c1NC(=O)N(C)CCc1ccccc1. The number of carbonyl (C=O) groups is 2. The van der Waals surface area contributed by atoms with Crippen molar-refractivity contribution in [2.24, 2.45) is 0 Å². The van der Waals surface area contributed by atoms with Gasteiger partial charge in [-0.1, -0.05) is 84.0 Å². The van der Waals surface area contributed by atoms with Gasteiger partial charge in [-0.25, -0.2) is 4.79 Å². The number of rotatable bonds is 8. The molecule has 1 aromatic heterocycles. The molecular formula is C30H29N3O4. The lowest BCUT2D eigenvalue weighted by molar-refractivity contribution is -0.140. The molecule has 7 nitrogen and oxygen atoms in total. The number of carboxylic acids is 1. The van der Waals surface area contributed by atoms with E-state index >= 15 is 0 Å². The Morgan fingerprint density at radius 1 is 0.946 bits per heavy atom. The Labute approximate surface area is 215 Å². The average Bonchev–Trinajstić information content (AvgIpc) is 3.67. The summed E-state index contributed by atoms with van der Waals surface area (Å²) in [4.78, 5) is 26.1. The second kappa shape index (κ2) is 9.93. The summed E-state index contributed by atoms with van der Waals surface area (Å²) < 4.78 is 5.58. The summed E-state index contributed by atoms with van der Waals surface area (Å²) >= 11 is 0. The second-order valence-electron chi connectivity index (χ2n) is 9.60. The van der Waals surface area contributed by atoms with Crippen molar-refractivity contribution in [1.82, 2.24) is 10.1 Å². The predicted octanol–water partition coefficient (Wildman–Crippen LogP) is 6.14. The molecule has 0 saturated heterocycles. The molecule has 0 radical (unpaired) electrons. The monoisotopic (exact) mass is 495 g/mol. The molecule has 0 spiro atoms. The van der Waals surface area contributed by atoms with Crippen LogP contribution >= 0.6 is 0 Å². The van der Waals surface area contributed by atoms with Gasteiger partial charge in [-0.2, -0.15) is 0 Å². The quantitative estimate of drug-likeness (QED) is 0.306. The number of aromatic nitrogens is 1. The van der Waals surface area contributed by atoms with Crippen LogP contribution in [0, 0.1) is 6.92 Å². The molecule has 0 unspecified atom stereocenters. The normalized spacial score (nSPS) is 13.7. The van der Waals surface area contributed by atoms with Crippen LogP contribution in [0.25, 0.3) is 22.5 Å². The van der Waals surface area contributed by atoms with Gasteiger partial charge in [-0.05, 0) is 48.4 Å². The highest BCUT2D eigenvalue weighted by Crippen LogP contribution is 2.48. The highest BCUT2D eigenvalue weighted by Gasteiger charge is 2.51. The molecule has 1 fully saturated rings. The third kappa shape index (κ3) is 4.98. The first-order valence-corrected chi connectivity index (χ1v) is 12.3. The Bertz CT molecular complexity index is 1410. The van der Waals surface area contributed by atoms with E-state index in [0.717, 1.165) is 28.7 Å². The minimum atomic E-state index is -0.753. The van der Waals surface area contributed by atoms with Gasteiger partial charge in [-0.15, -0.1) is 0 Å². The zero-order valence-corrected chi connectivity index (χ0v) is 20.9. The molecule has 1 saturated carbocycles. The van der Waals surface area contributed by atoms with Crippen molar-refractivity contribution in [3.8, 4) is 22.5 Å². The Hall–Kier alpha value is -4.39. The first-order valence-electron chi connectivity index (χ1n) is 12.3. The van der Waals surface area contributed by atoms with E-state index in [2.05, 4.69) is 10.5 Å². The molecule has 5 rings (SSSR count). The molecule has 3 aromatic carbocycles. The van der Waals surface area contributed by atoms with E-state index in [4.69, 9.17) is 4.52 Å². The summed E-state index contributed by atoms with van der Waals surface area (Å²) in [5, 5.41) is 16.6. The first-order chi connectivity index (χ1) is 17.9. The van der Waals surface area contributed by atoms with Crippen molar-refractivity contribution in [2.45, 2.75) is 31.6 Å². The summed E-state index contributed by atoms with van der Waals surface area (Å²) in [6, 6.07) is 25.4. The largest absolute Gasteiger partial charge is 0.481 e. The van der Waals surface area contributed by atoms with Crippen LogP contribution in [0.3, 0.4) is 0 Å². The van der Waals surface area contributed by atoms with Crippen LogP contribution in [-0.4, -0.2) is 40.8 Å². The molecule has 1 heterocycles. The molecular weight excluding hydrogens is 466 g/mol. The lowest BCUT2D eigenvalue weighted by atomic mass is 9.93. The number of nitrogens with one attached hydrogen (secondary N) is 1. The maximum Gasteiger partial charge on any atom is 0.321 e. The van der Waals surface area contributed by atoms with Gasteiger partial charge in [0.15, 0.2) is 5.76 Å².